The Kier molecular flexibility index (Phi) is 3.45. The van der Waals surface area contributed by atoms with Crippen LogP contribution in [0.2, 0.25) is 0 Å². The second kappa shape index (κ2) is 4.89. The van der Waals surface area contributed by atoms with Crippen molar-refractivity contribution in [2.75, 3.05) is 13.1 Å². The van der Waals surface area contributed by atoms with Gasteiger partial charge in [0.25, 0.3) is 0 Å². The Morgan fingerprint density at radius 1 is 1.12 bits per heavy atom. The van der Waals surface area contributed by atoms with Gasteiger partial charge in [0, 0.05) is 31.2 Å². The Morgan fingerprint density at radius 3 is 2.47 bits per heavy atom. The zero-order chi connectivity index (χ0) is 11.8. The highest BCUT2D eigenvalue weighted by molar-refractivity contribution is 4.94. The lowest BCUT2D eigenvalue weighted by Crippen LogP contribution is -2.53. The molecule has 2 saturated carbocycles. The number of hydrogen-bond donors (Lipinski definition) is 1. The molecule has 2 nitrogen and oxygen atoms in total. The topological polar surface area (TPSA) is 15.3 Å². The molecule has 0 aromatic carbocycles. The second-order valence-electron chi connectivity index (χ2n) is 6.75. The fraction of sp³-hybridized carbons (Fsp3) is 1.00. The summed E-state index contributed by atoms with van der Waals surface area (Å²) >= 11 is 0. The van der Waals surface area contributed by atoms with Crippen LogP contribution in [0, 0.1) is 11.8 Å². The van der Waals surface area contributed by atoms with Gasteiger partial charge < -0.3 is 5.32 Å². The van der Waals surface area contributed by atoms with Gasteiger partial charge in [-0.2, -0.15) is 0 Å². The van der Waals surface area contributed by atoms with Crippen LogP contribution in [0.25, 0.3) is 0 Å². The fourth-order valence-electron chi connectivity index (χ4n) is 3.74. The predicted molar refractivity (Wildman–Crippen MR) is 72.1 cm³/mol. The van der Waals surface area contributed by atoms with Crippen LogP contribution in [-0.4, -0.2) is 36.1 Å². The number of nitrogens with one attached hydrogen (secondary N) is 1. The quantitative estimate of drug-likeness (QED) is 0.789. The Bertz CT molecular complexity index is 256. The number of likely N-dealkylation sites (tertiary alicyclic amines) is 1. The third-order valence-corrected chi connectivity index (χ3v) is 4.79. The summed E-state index contributed by atoms with van der Waals surface area (Å²) in [5, 5.41) is 3.85. The van der Waals surface area contributed by atoms with Crippen molar-refractivity contribution in [3.63, 3.8) is 0 Å². The third kappa shape index (κ3) is 3.03. The fourth-order valence-corrected chi connectivity index (χ4v) is 3.74. The highest BCUT2D eigenvalue weighted by atomic mass is 15.2. The van der Waals surface area contributed by atoms with E-state index in [9.17, 15) is 0 Å². The van der Waals surface area contributed by atoms with Gasteiger partial charge in [0.05, 0.1) is 0 Å². The van der Waals surface area contributed by atoms with Gasteiger partial charge in [0.15, 0.2) is 0 Å². The van der Waals surface area contributed by atoms with E-state index in [0.717, 1.165) is 30.0 Å². The molecule has 0 amide bonds. The molecule has 3 fully saturated rings. The first-order chi connectivity index (χ1) is 8.26. The highest BCUT2D eigenvalue weighted by Crippen LogP contribution is 2.38. The molecule has 1 saturated heterocycles. The lowest BCUT2D eigenvalue weighted by Gasteiger charge is -2.41. The number of rotatable bonds is 5. The van der Waals surface area contributed by atoms with Crippen LogP contribution >= 0.6 is 0 Å². The molecule has 0 radical (unpaired) electrons. The standard InChI is InChI=1S/C15H28N2/c1-3-15(12-4-5-12)17-9-11(2)8-14(10-17)16-13-6-7-13/h11-16H,3-10H2,1-2H3. The van der Waals surface area contributed by atoms with E-state index in [0.29, 0.717) is 0 Å². The van der Waals surface area contributed by atoms with E-state index in [2.05, 4.69) is 24.1 Å². The molecule has 3 atom stereocenters. The summed E-state index contributed by atoms with van der Waals surface area (Å²) < 4.78 is 0. The molecule has 0 aromatic heterocycles. The Balaban J connectivity index is 1.58. The van der Waals surface area contributed by atoms with E-state index < -0.39 is 0 Å². The van der Waals surface area contributed by atoms with E-state index >= 15 is 0 Å². The molecule has 98 valence electrons. The molecule has 1 heterocycles. The van der Waals surface area contributed by atoms with Crippen LogP contribution < -0.4 is 5.32 Å². The zero-order valence-electron chi connectivity index (χ0n) is 11.5. The van der Waals surface area contributed by atoms with Crippen LogP contribution in [0.4, 0.5) is 0 Å². The summed E-state index contributed by atoms with van der Waals surface area (Å²) in [6, 6.07) is 2.54. The number of nitrogens with zero attached hydrogens (tertiary/aromatic N) is 1. The monoisotopic (exact) mass is 236 g/mol. The Hall–Kier alpha value is -0.0800. The molecular formula is C15H28N2. The van der Waals surface area contributed by atoms with Gasteiger partial charge in [-0.25, -0.2) is 0 Å². The first-order valence-electron chi connectivity index (χ1n) is 7.76. The minimum atomic E-state index is 0.777. The predicted octanol–water partition coefficient (Wildman–Crippen LogP) is 2.64. The maximum atomic E-state index is 3.85. The van der Waals surface area contributed by atoms with Gasteiger partial charge in [0.2, 0.25) is 0 Å². The lowest BCUT2D eigenvalue weighted by molar-refractivity contribution is 0.0892. The van der Waals surface area contributed by atoms with Crippen molar-refractivity contribution in [3.8, 4) is 0 Å². The van der Waals surface area contributed by atoms with E-state index in [1.54, 1.807) is 0 Å². The summed E-state index contributed by atoms with van der Waals surface area (Å²) in [6.45, 7) is 7.48. The molecule has 1 N–H and O–H groups in total. The minimum absolute atomic E-state index is 0.777. The van der Waals surface area contributed by atoms with Gasteiger partial charge in [-0.3, -0.25) is 4.90 Å². The summed E-state index contributed by atoms with van der Waals surface area (Å²) in [7, 11) is 0. The molecule has 0 spiro atoms. The van der Waals surface area contributed by atoms with E-state index in [1.165, 1.54) is 51.6 Å². The van der Waals surface area contributed by atoms with E-state index in [-0.39, 0.29) is 0 Å². The summed E-state index contributed by atoms with van der Waals surface area (Å²) in [4.78, 5) is 2.81. The SMILES string of the molecule is CCC(C1CC1)N1CC(C)CC(NC2CC2)C1. The van der Waals surface area contributed by atoms with Crippen molar-refractivity contribution >= 4 is 0 Å². The molecular weight excluding hydrogens is 208 g/mol. The first-order valence-corrected chi connectivity index (χ1v) is 7.76. The van der Waals surface area contributed by atoms with Gasteiger partial charge in [-0.1, -0.05) is 13.8 Å². The van der Waals surface area contributed by atoms with Crippen LogP contribution in [0.15, 0.2) is 0 Å². The molecule has 3 aliphatic rings. The van der Waals surface area contributed by atoms with Crippen molar-refractivity contribution in [2.45, 2.75) is 70.5 Å². The molecule has 3 rings (SSSR count). The molecule has 1 aliphatic heterocycles. The van der Waals surface area contributed by atoms with Crippen molar-refractivity contribution < 1.29 is 0 Å². The lowest BCUT2D eigenvalue weighted by atomic mass is 9.93. The summed E-state index contributed by atoms with van der Waals surface area (Å²) in [6.07, 6.45) is 8.57. The first kappa shape index (κ1) is 12.0. The van der Waals surface area contributed by atoms with Gasteiger partial charge in [0.1, 0.15) is 0 Å². The van der Waals surface area contributed by atoms with E-state index in [1.807, 2.05) is 0 Å². The molecule has 17 heavy (non-hydrogen) atoms. The van der Waals surface area contributed by atoms with Crippen molar-refractivity contribution in [2.24, 2.45) is 11.8 Å². The third-order valence-electron chi connectivity index (χ3n) is 4.79. The maximum Gasteiger partial charge on any atom is 0.0200 e. The molecule has 3 unspecified atom stereocenters. The average Bonchev–Trinajstić information content (AvgIpc) is 3.10. The van der Waals surface area contributed by atoms with Crippen LogP contribution in [0.3, 0.4) is 0 Å². The van der Waals surface area contributed by atoms with Gasteiger partial charge in [-0.15, -0.1) is 0 Å². The van der Waals surface area contributed by atoms with Crippen LogP contribution in [-0.2, 0) is 0 Å². The van der Waals surface area contributed by atoms with E-state index in [4.69, 9.17) is 0 Å². The van der Waals surface area contributed by atoms with Crippen LogP contribution in [0.5, 0.6) is 0 Å². The van der Waals surface area contributed by atoms with Gasteiger partial charge in [-0.05, 0) is 50.4 Å². The molecule has 2 aliphatic carbocycles. The normalized spacial score (nSPS) is 37.1. The van der Waals surface area contributed by atoms with Crippen molar-refractivity contribution in [3.05, 3.63) is 0 Å². The summed E-state index contributed by atoms with van der Waals surface area (Å²) in [5.74, 6) is 1.92. The number of piperidine rings is 1. The van der Waals surface area contributed by atoms with Crippen molar-refractivity contribution in [1.29, 1.82) is 0 Å². The minimum Gasteiger partial charge on any atom is -0.310 e. The molecule has 2 heteroatoms. The smallest absolute Gasteiger partial charge is 0.0200 e. The highest BCUT2D eigenvalue weighted by Gasteiger charge is 2.38. The second-order valence-corrected chi connectivity index (χ2v) is 6.75. The zero-order valence-corrected chi connectivity index (χ0v) is 11.5. The van der Waals surface area contributed by atoms with Gasteiger partial charge >= 0.3 is 0 Å². The van der Waals surface area contributed by atoms with Crippen LogP contribution in [0.1, 0.15) is 52.4 Å². The summed E-state index contributed by atoms with van der Waals surface area (Å²) in [5.41, 5.74) is 0. The molecule has 0 aromatic rings. The maximum absolute atomic E-state index is 3.85. The largest absolute Gasteiger partial charge is 0.310 e. The Labute approximate surface area is 106 Å². The average molecular weight is 236 g/mol. The number of hydrogen-bond acceptors (Lipinski definition) is 2. The molecule has 0 bridgehead atoms. The Morgan fingerprint density at radius 2 is 1.88 bits per heavy atom. The van der Waals surface area contributed by atoms with Crippen molar-refractivity contribution in [1.82, 2.24) is 10.2 Å².